The van der Waals surface area contributed by atoms with Gasteiger partial charge in [0.2, 0.25) is 0 Å². The van der Waals surface area contributed by atoms with Gasteiger partial charge in [-0.15, -0.1) is 0 Å². The lowest BCUT2D eigenvalue weighted by Crippen LogP contribution is -2.35. The van der Waals surface area contributed by atoms with E-state index in [1.807, 2.05) is 6.07 Å². The van der Waals surface area contributed by atoms with E-state index in [4.69, 9.17) is 0 Å². The van der Waals surface area contributed by atoms with Crippen molar-refractivity contribution in [2.24, 2.45) is 0 Å². The first-order valence-corrected chi connectivity index (χ1v) is 6.66. The molecule has 3 N–H and O–H groups in total. The zero-order chi connectivity index (χ0) is 15.0. The van der Waals surface area contributed by atoms with Gasteiger partial charge in [0.05, 0.1) is 5.56 Å². The van der Waals surface area contributed by atoms with Gasteiger partial charge in [-0.05, 0) is 41.8 Å². The highest BCUT2D eigenvalue weighted by Gasteiger charge is 2.24. The fourth-order valence-electron chi connectivity index (χ4n) is 2.59. The van der Waals surface area contributed by atoms with Gasteiger partial charge in [-0.2, -0.15) is 0 Å². The molecule has 1 aliphatic rings. The number of nitrogens with zero attached hydrogens (tertiary/aromatic N) is 1. The van der Waals surface area contributed by atoms with Gasteiger partial charge in [-0.3, -0.25) is 4.79 Å². The van der Waals surface area contributed by atoms with Crippen LogP contribution in [0.1, 0.15) is 21.5 Å². The first kappa shape index (κ1) is 13.3. The van der Waals surface area contributed by atoms with Gasteiger partial charge in [0.15, 0.2) is 0 Å². The van der Waals surface area contributed by atoms with Gasteiger partial charge in [-0.1, -0.05) is 6.07 Å². The molecule has 0 unspecified atom stereocenters. The lowest BCUT2D eigenvalue weighted by atomic mass is 9.98. The Labute approximate surface area is 121 Å². The highest BCUT2D eigenvalue weighted by molar-refractivity contribution is 5.97. The molecular weight excluding hydrogens is 270 g/mol. The Kier molecular flexibility index (Phi) is 3.17. The Morgan fingerprint density at radius 2 is 1.67 bits per heavy atom. The lowest BCUT2D eigenvalue weighted by Gasteiger charge is -2.29. The molecule has 2 aromatic rings. The minimum Gasteiger partial charge on any atom is -0.508 e. The van der Waals surface area contributed by atoms with Crippen molar-refractivity contribution in [3.8, 4) is 17.2 Å². The molecule has 0 aromatic heterocycles. The van der Waals surface area contributed by atoms with Gasteiger partial charge in [-0.25, -0.2) is 0 Å². The van der Waals surface area contributed by atoms with Crippen LogP contribution >= 0.6 is 0 Å². The van der Waals surface area contributed by atoms with Gasteiger partial charge in [0.1, 0.15) is 17.2 Å². The molecule has 0 radical (unpaired) electrons. The average molecular weight is 285 g/mol. The molecule has 2 aromatic carbocycles. The van der Waals surface area contributed by atoms with Crippen molar-refractivity contribution in [1.82, 2.24) is 4.90 Å². The molecule has 5 heteroatoms. The van der Waals surface area contributed by atoms with Crippen molar-refractivity contribution in [2.75, 3.05) is 6.54 Å². The van der Waals surface area contributed by atoms with Crippen LogP contribution in [-0.2, 0) is 13.0 Å². The molecule has 3 rings (SSSR count). The SMILES string of the molecule is O=C(c1ccc(O)cc1O)N1CCc2ccc(O)cc2C1. The molecule has 1 aliphatic heterocycles. The third-order valence-electron chi connectivity index (χ3n) is 3.70. The molecule has 0 aliphatic carbocycles. The second-order valence-corrected chi connectivity index (χ2v) is 5.13. The summed E-state index contributed by atoms with van der Waals surface area (Å²) in [6.45, 7) is 0.944. The maximum Gasteiger partial charge on any atom is 0.257 e. The van der Waals surface area contributed by atoms with Gasteiger partial charge in [0, 0.05) is 19.2 Å². The summed E-state index contributed by atoms with van der Waals surface area (Å²) in [6, 6.07) is 9.09. The standard InChI is InChI=1S/C16H15NO4/c18-12-2-1-10-5-6-17(9-11(10)7-12)16(21)14-4-3-13(19)8-15(14)20/h1-4,7-8,18-20H,5-6,9H2. The van der Waals surface area contributed by atoms with E-state index in [2.05, 4.69) is 0 Å². The first-order valence-electron chi connectivity index (χ1n) is 6.66. The van der Waals surface area contributed by atoms with Crippen molar-refractivity contribution in [1.29, 1.82) is 0 Å². The molecule has 5 nitrogen and oxygen atoms in total. The molecule has 0 spiro atoms. The third-order valence-corrected chi connectivity index (χ3v) is 3.70. The Hall–Kier alpha value is -2.69. The number of benzene rings is 2. The number of phenols is 3. The van der Waals surface area contributed by atoms with E-state index in [-0.39, 0.29) is 28.7 Å². The summed E-state index contributed by atoms with van der Waals surface area (Å²) in [6.07, 6.45) is 0.709. The number of amides is 1. The Morgan fingerprint density at radius 1 is 0.952 bits per heavy atom. The number of carbonyl (C=O) groups excluding carboxylic acids is 1. The second kappa shape index (κ2) is 5.01. The van der Waals surface area contributed by atoms with Crippen LogP contribution < -0.4 is 0 Å². The van der Waals surface area contributed by atoms with Crippen LogP contribution in [0, 0.1) is 0 Å². The number of phenolic OH excluding ortho intramolecular Hbond substituents is 3. The van der Waals surface area contributed by atoms with E-state index < -0.39 is 0 Å². The summed E-state index contributed by atoms with van der Waals surface area (Å²) in [5.41, 5.74) is 2.19. The highest BCUT2D eigenvalue weighted by atomic mass is 16.3. The maximum atomic E-state index is 12.4. The molecule has 0 fully saturated rings. The van der Waals surface area contributed by atoms with Crippen molar-refractivity contribution >= 4 is 5.91 Å². The topological polar surface area (TPSA) is 81.0 Å². The molecule has 0 bridgehead atoms. The quantitative estimate of drug-likeness (QED) is 0.748. The van der Waals surface area contributed by atoms with Gasteiger partial charge in [0.25, 0.3) is 5.91 Å². The smallest absolute Gasteiger partial charge is 0.257 e. The predicted octanol–water partition coefficient (Wildman–Crippen LogP) is 2.00. The summed E-state index contributed by atoms with van der Waals surface area (Å²) in [5.74, 6) is -0.434. The Balaban J connectivity index is 1.87. The zero-order valence-electron chi connectivity index (χ0n) is 11.3. The van der Waals surface area contributed by atoms with E-state index in [0.29, 0.717) is 19.5 Å². The van der Waals surface area contributed by atoms with E-state index in [1.165, 1.54) is 12.1 Å². The van der Waals surface area contributed by atoms with Crippen LogP contribution in [0.5, 0.6) is 17.2 Å². The Bertz CT molecular complexity index is 711. The monoisotopic (exact) mass is 285 g/mol. The molecular formula is C16H15NO4. The second-order valence-electron chi connectivity index (χ2n) is 5.13. The third kappa shape index (κ3) is 2.50. The van der Waals surface area contributed by atoms with Crippen LogP contribution in [0.4, 0.5) is 0 Å². The lowest BCUT2D eigenvalue weighted by molar-refractivity contribution is 0.0731. The molecule has 21 heavy (non-hydrogen) atoms. The van der Waals surface area contributed by atoms with Crippen LogP contribution in [-0.4, -0.2) is 32.7 Å². The van der Waals surface area contributed by atoms with E-state index in [9.17, 15) is 20.1 Å². The molecule has 1 heterocycles. The van der Waals surface area contributed by atoms with Gasteiger partial charge < -0.3 is 20.2 Å². The van der Waals surface area contributed by atoms with E-state index in [1.54, 1.807) is 17.0 Å². The molecule has 0 atom stereocenters. The number of rotatable bonds is 1. The van der Waals surface area contributed by atoms with Crippen molar-refractivity contribution in [2.45, 2.75) is 13.0 Å². The number of aromatic hydroxyl groups is 3. The summed E-state index contributed by atoms with van der Waals surface area (Å²) >= 11 is 0. The molecule has 108 valence electrons. The highest BCUT2D eigenvalue weighted by Crippen LogP contribution is 2.27. The molecule has 0 saturated heterocycles. The average Bonchev–Trinajstić information content (AvgIpc) is 2.46. The largest absolute Gasteiger partial charge is 0.508 e. The predicted molar refractivity (Wildman–Crippen MR) is 76.3 cm³/mol. The number of hydrogen-bond donors (Lipinski definition) is 3. The minimum absolute atomic E-state index is 0.0852. The van der Waals surface area contributed by atoms with E-state index >= 15 is 0 Å². The van der Waals surface area contributed by atoms with Crippen LogP contribution in [0.25, 0.3) is 0 Å². The Morgan fingerprint density at radius 3 is 2.43 bits per heavy atom. The summed E-state index contributed by atoms with van der Waals surface area (Å²) < 4.78 is 0. The van der Waals surface area contributed by atoms with Crippen LogP contribution in [0.15, 0.2) is 36.4 Å². The summed E-state index contributed by atoms with van der Waals surface area (Å²) in [5, 5.41) is 28.6. The van der Waals surface area contributed by atoms with Crippen LogP contribution in [0.2, 0.25) is 0 Å². The normalized spacial score (nSPS) is 13.8. The first-order chi connectivity index (χ1) is 10.0. The van der Waals surface area contributed by atoms with Crippen LogP contribution in [0.3, 0.4) is 0 Å². The van der Waals surface area contributed by atoms with Crippen molar-refractivity contribution < 1.29 is 20.1 Å². The number of fused-ring (bicyclic) bond motifs is 1. The zero-order valence-corrected chi connectivity index (χ0v) is 11.3. The summed E-state index contributed by atoms with van der Waals surface area (Å²) in [4.78, 5) is 14.1. The fourth-order valence-corrected chi connectivity index (χ4v) is 2.59. The number of carbonyl (C=O) groups is 1. The van der Waals surface area contributed by atoms with Crippen molar-refractivity contribution in [3.05, 3.63) is 53.1 Å². The minimum atomic E-state index is -0.290. The molecule has 1 amide bonds. The van der Waals surface area contributed by atoms with Gasteiger partial charge >= 0.3 is 0 Å². The van der Waals surface area contributed by atoms with Crippen molar-refractivity contribution in [3.63, 3.8) is 0 Å². The maximum absolute atomic E-state index is 12.4. The summed E-state index contributed by atoms with van der Waals surface area (Å²) in [7, 11) is 0. The fraction of sp³-hybridized carbons (Fsp3) is 0.188. The van der Waals surface area contributed by atoms with E-state index in [0.717, 1.165) is 17.2 Å². The molecule has 0 saturated carbocycles. The number of hydrogen-bond acceptors (Lipinski definition) is 4.